The summed E-state index contributed by atoms with van der Waals surface area (Å²) in [6.45, 7) is 1.20. The highest BCUT2D eigenvalue weighted by molar-refractivity contribution is 5.95. The van der Waals surface area contributed by atoms with Crippen LogP contribution in [0, 0.1) is 0 Å². The van der Waals surface area contributed by atoms with E-state index in [1.165, 1.54) is 13.0 Å². The second-order valence-corrected chi connectivity index (χ2v) is 2.97. The van der Waals surface area contributed by atoms with Gasteiger partial charge in [-0.3, -0.25) is 9.59 Å². The molecule has 0 unspecified atom stereocenters. The van der Waals surface area contributed by atoms with Crippen LogP contribution in [0.4, 0.5) is 13.2 Å². The van der Waals surface area contributed by atoms with Crippen LogP contribution in [-0.4, -0.2) is 18.4 Å². The fourth-order valence-electron chi connectivity index (χ4n) is 1.06. The Morgan fingerprint density at radius 1 is 1.38 bits per heavy atom. The molecule has 1 rings (SSSR count). The molecule has 1 aromatic carbocycles. The van der Waals surface area contributed by atoms with Crippen molar-refractivity contribution in [3.05, 3.63) is 29.3 Å². The van der Waals surface area contributed by atoms with E-state index in [0.717, 1.165) is 12.1 Å². The highest BCUT2D eigenvalue weighted by Gasteiger charge is 2.32. The number of hydrogen-bond donors (Lipinski definition) is 0. The Bertz CT molecular complexity index is 424. The molecule has 0 aliphatic rings. The van der Waals surface area contributed by atoms with Crippen LogP contribution in [-0.2, 0) is 0 Å². The normalized spacial score (nSPS) is 11.0. The largest absolute Gasteiger partial charge is 0.573 e. The van der Waals surface area contributed by atoms with E-state index in [1.807, 2.05) is 0 Å². The summed E-state index contributed by atoms with van der Waals surface area (Å²) in [5, 5.41) is 0. The summed E-state index contributed by atoms with van der Waals surface area (Å²) in [4.78, 5) is 21.4. The number of ether oxygens (including phenoxy) is 1. The van der Waals surface area contributed by atoms with Gasteiger partial charge in [0.2, 0.25) is 0 Å². The zero-order chi connectivity index (χ0) is 12.3. The maximum atomic E-state index is 12.0. The molecule has 0 bridgehead atoms. The van der Waals surface area contributed by atoms with Crippen molar-refractivity contribution < 1.29 is 27.5 Å². The molecular formula is C10H7F3O3. The maximum Gasteiger partial charge on any atom is 0.573 e. The molecule has 0 saturated heterocycles. The van der Waals surface area contributed by atoms with Crippen LogP contribution in [0.1, 0.15) is 27.6 Å². The molecule has 0 N–H and O–H groups in total. The summed E-state index contributed by atoms with van der Waals surface area (Å²) in [5.41, 5.74) is -0.216. The molecule has 3 nitrogen and oxygen atoms in total. The third-order valence-corrected chi connectivity index (χ3v) is 1.77. The highest BCUT2D eigenvalue weighted by atomic mass is 19.4. The summed E-state index contributed by atoms with van der Waals surface area (Å²) in [7, 11) is 0. The Hall–Kier alpha value is -1.85. The van der Waals surface area contributed by atoms with Crippen LogP contribution in [0.3, 0.4) is 0 Å². The molecule has 0 fully saturated rings. The number of benzene rings is 1. The van der Waals surface area contributed by atoms with Crippen molar-refractivity contribution in [1.29, 1.82) is 0 Å². The van der Waals surface area contributed by atoms with E-state index in [1.54, 1.807) is 0 Å². The second-order valence-electron chi connectivity index (χ2n) is 2.97. The number of Topliss-reactive ketones (excluding diaryl/α,β-unsaturated/α-hetero) is 1. The Labute approximate surface area is 88.8 Å². The van der Waals surface area contributed by atoms with E-state index in [9.17, 15) is 22.8 Å². The Kier molecular flexibility index (Phi) is 3.31. The second kappa shape index (κ2) is 4.34. The van der Waals surface area contributed by atoms with Crippen LogP contribution in [0.5, 0.6) is 5.75 Å². The van der Waals surface area contributed by atoms with Crippen LogP contribution in [0.2, 0.25) is 0 Å². The Morgan fingerprint density at radius 3 is 2.44 bits per heavy atom. The molecule has 1 aromatic rings. The van der Waals surface area contributed by atoms with Gasteiger partial charge in [0.25, 0.3) is 0 Å². The highest BCUT2D eigenvalue weighted by Crippen LogP contribution is 2.26. The van der Waals surface area contributed by atoms with Gasteiger partial charge < -0.3 is 4.74 Å². The first kappa shape index (κ1) is 12.2. The SMILES string of the molecule is CC(=O)c1ccc(C=O)c(OC(F)(F)F)c1. The average Bonchev–Trinajstić information content (AvgIpc) is 2.15. The minimum atomic E-state index is -4.90. The number of aldehydes is 1. The molecule has 0 aromatic heterocycles. The molecule has 0 aliphatic carbocycles. The van der Waals surface area contributed by atoms with E-state index in [-0.39, 0.29) is 17.4 Å². The third kappa shape index (κ3) is 3.08. The molecule has 0 aliphatic heterocycles. The minimum absolute atomic E-state index is 0.0462. The molecule has 0 atom stereocenters. The summed E-state index contributed by atoms with van der Waals surface area (Å²) in [6.07, 6.45) is -4.67. The first-order chi connectivity index (χ1) is 7.33. The molecule has 0 radical (unpaired) electrons. The molecule has 16 heavy (non-hydrogen) atoms. The van der Waals surface area contributed by atoms with Gasteiger partial charge in [0.05, 0.1) is 5.56 Å². The maximum absolute atomic E-state index is 12.0. The van der Waals surface area contributed by atoms with Gasteiger partial charge >= 0.3 is 6.36 Å². The first-order valence-corrected chi connectivity index (χ1v) is 4.19. The quantitative estimate of drug-likeness (QED) is 0.594. The fraction of sp³-hybridized carbons (Fsp3) is 0.200. The molecule has 0 heterocycles. The number of ketones is 1. The number of halogens is 3. The standard InChI is InChI=1S/C10H7F3O3/c1-6(15)7-2-3-8(5-14)9(4-7)16-10(11,12)13/h2-5H,1H3. The van der Waals surface area contributed by atoms with Crippen molar-refractivity contribution in [3.8, 4) is 5.75 Å². The zero-order valence-electron chi connectivity index (χ0n) is 8.17. The van der Waals surface area contributed by atoms with Crippen molar-refractivity contribution in [2.45, 2.75) is 13.3 Å². The Balaban J connectivity index is 3.17. The predicted octanol–water partition coefficient (Wildman–Crippen LogP) is 2.60. The van der Waals surface area contributed by atoms with E-state index in [4.69, 9.17) is 0 Å². The van der Waals surface area contributed by atoms with Gasteiger partial charge in [0, 0.05) is 5.56 Å². The van der Waals surface area contributed by atoms with Gasteiger partial charge in [0.1, 0.15) is 5.75 Å². The topological polar surface area (TPSA) is 43.4 Å². The van der Waals surface area contributed by atoms with Gasteiger partial charge in [-0.1, -0.05) is 6.07 Å². The van der Waals surface area contributed by atoms with Crippen molar-refractivity contribution >= 4 is 12.1 Å². The van der Waals surface area contributed by atoms with Crippen LogP contribution in [0.15, 0.2) is 18.2 Å². The lowest BCUT2D eigenvalue weighted by molar-refractivity contribution is -0.274. The van der Waals surface area contributed by atoms with E-state index < -0.39 is 17.9 Å². The number of rotatable bonds is 3. The molecule has 6 heteroatoms. The molecule has 0 saturated carbocycles. The lowest BCUT2D eigenvalue weighted by atomic mass is 10.1. The number of carbonyl (C=O) groups is 2. The number of hydrogen-bond acceptors (Lipinski definition) is 3. The van der Waals surface area contributed by atoms with Gasteiger partial charge in [-0.15, -0.1) is 13.2 Å². The average molecular weight is 232 g/mol. The summed E-state index contributed by atoms with van der Waals surface area (Å²) in [6, 6.07) is 3.25. The van der Waals surface area contributed by atoms with Crippen LogP contribution < -0.4 is 4.74 Å². The monoisotopic (exact) mass is 232 g/mol. The van der Waals surface area contributed by atoms with E-state index >= 15 is 0 Å². The zero-order valence-corrected chi connectivity index (χ0v) is 8.17. The van der Waals surface area contributed by atoms with Crippen LogP contribution >= 0.6 is 0 Å². The lowest BCUT2D eigenvalue weighted by Gasteiger charge is -2.11. The third-order valence-electron chi connectivity index (χ3n) is 1.77. The molecule has 0 spiro atoms. The molecule has 86 valence electrons. The van der Waals surface area contributed by atoms with Crippen molar-refractivity contribution in [3.63, 3.8) is 0 Å². The molecular weight excluding hydrogens is 225 g/mol. The lowest BCUT2D eigenvalue weighted by Crippen LogP contribution is -2.18. The Morgan fingerprint density at radius 2 is 2.00 bits per heavy atom. The summed E-state index contributed by atoms with van der Waals surface area (Å²) < 4.78 is 39.5. The predicted molar refractivity (Wildman–Crippen MR) is 48.5 cm³/mol. The van der Waals surface area contributed by atoms with Gasteiger partial charge in [-0.25, -0.2) is 0 Å². The minimum Gasteiger partial charge on any atom is -0.405 e. The van der Waals surface area contributed by atoms with Gasteiger partial charge in [0.15, 0.2) is 12.1 Å². The first-order valence-electron chi connectivity index (χ1n) is 4.19. The van der Waals surface area contributed by atoms with E-state index in [2.05, 4.69) is 4.74 Å². The van der Waals surface area contributed by atoms with Crippen molar-refractivity contribution in [2.75, 3.05) is 0 Å². The van der Waals surface area contributed by atoms with Crippen LogP contribution in [0.25, 0.3) is 0 Å². The smallest absolute Gasteiger partial charge is 0.405 e. The summed E-state index contributed by atoms with van der Waals surface area (Å²) >= 11 is 0. The van der Waals surface area contributed by atoms with Crippen molar-refractivity contribution in [2.24, 2.45) is 0 Å². The number of carbonyl (C=O) groups excluding carboxylic acids is 2. The van der Waals surface area contributed by atoms with Gasteiger partial charge in [-0.2, -0.15) is 0 Å². The summed E-state index contributed by atoms with van der Waals surface area (Å²) in [5.74, 6) is -1.08. The fourth-order valence-corrected chi connectivity index (χ4v) is 1.06. The van der Waals surface area contributed by atoms with Crippen molar-refractivity contribution in [1.82, 2.24) is 0 Å². The number of alkyl halides is 3. The van der Waals surface area contributed by atoms with Gasteiger partial charge in [-0.05, 0) is 19.1 Å². The molecule has 0 amide bonds. The van der Waals surface area contributed by atoms with E-state index in [0.29, 0.717) is 0 Å².